The summed E-state index contributed by atoms with van der Waals surface area (Å²) in [5, 5.41) is 3.15. The van der Waals surface area contributed by atoms with Crippen molar-refractivity contribution in [1.82, 2.24) is 10.3 Å². The number of carbonyl (C=O) groups is 1. The monoisotopic (exact) mass is 300 g/mol. The van der Waals surface area contributed by atoms with E-state index in [0.717, 1.165) is 5.56 Å². The van der Waals surface area contributed by atoms with Gasteiger partial charge in [0.15, 0.2) is 0 Å². The van der Waals surface area contributed by atoms with Crippen molar-refractivity contribution < 1.29 is 13.6 Å². The van der Waals surface area contributed by atoms with Crippen LogP contribution in [0.2, 0.25) is 0 Å². The first kappa shape index (κ1) is 14.3. The molecule has 0 bridgehead atoms. The largest absolute Gasteiger partial charge is 0.350 e. The fourth-order valence-corrected chi connectivity index (χ4v) is 2.31. The Kier molecular flexibility index (Phi) is 3.87. The van der Waals surface area contributed by atoms with Gasteiger partial charge in [-0.2, -0.15) is 0 Å². The highest BCUT2D eigenvalue weighted by molar-refractivity contribution is 5.98. The second kappa shape index (κ2) is 5.97. The molecule has 0 aliphatic carbocycles. The van der Waals surface area contributed by atoms with Crippen LogP contribution in [0.3, 0.4) is 0 Å². The molecule has 22 heavy (non-hydrogen) atoms. The summed E-state index contributed by atoms with van der Waals surface area (Å²) < 4.78 is 26.4. The van der Waals surface area contributed by atoms with Gasteiger partial charge in [0.25, 0.3) is 5.91 Å². The summed E-state index contributed by atoms with van der Waals surface area (Å²) >= 11 is 0. The molecule has 3 nitrogen and oxygen atoms in total. The minimum atomic E-state index is -0.362. The van der Waals surface area contributed by atoms with Crippen molar-refractivity contribution in [3.63, 3.8) is 0 Å². The summed E-state index contributed by atoms with van der Waals surface area (Å²) in [5.74, 6) is -0.940. The van der Waals surface area contributed by atoms with Gasteiger partial charge >= 0.3 is 0 Å². The van der Waals surface area contributed by atoms with E-state index in [1.807, 2.05) is 0 Å². The van der Waals surface area contributed by atoms with Crippen LogP contribution < -0.4 is 5.32 Å². The lowest BCUT2D eigenvalue weighted by Crippen LogP contribution is -2.25. The van der Waals surface area contributed by atoms with Crippen LogP contribution >= 0.6 is 0 Å². The van der Waals surface area contributed by atoms with E-state index < -0.39 is 0 Å². The van der Waals surface area contributed by atoms with Gasteiger partial charge in [0.1, 0.15) is 17.3 Å². The van der Waals surface area contributed by atoms with E-state index in [0.29, 0.717) is 29.6 Å². The van der Waals surface area contributed by atoms with Crippen LogP contribution in [-0.2, 0) is 6.42 Å². The molecule has 2 N–H and O–H groups in total. The number of H-pyrrole nitrogens is 1. The number of hydrogen-bond acceptors (Lipinski definition) is 1. The van der Waals surface area contributed by atoms with E-state index in [2.05, 4.69) is 10.3 Å². The molecule has 0 aliphatic heterocycles. The van der Waals surface area contributed by atoms with Crippen LogP contribution in [0.5, 0.6) is 0 Å². The predicted molar refractivity (Wildman–Crippen MR) is 80.7 cm³/mol. The van der Waals surface area contributed by atoms with Crippen LogP contribution in [-0.4, -0.2) is 17.4 Å². The standard InChI is InChI=1S/C17H14F2N2O/c18-12-6-4-11(5-7-12)8-9-20-17(22)16-10-13-14(19)2-1-3-15(13)21-16/h1-7,10,21H,8-9H2,(H,20,22). The van der Waals surface area contributed by atoms with E-state index in [-0.39, 0.29) is 17.5 Å². The third kappa shape index (κ3) is 2.98. The van der Waals surface area contributed by atoms with Gasteiger partial charge in [-0.25, -0.2) is 8.78 Å². The maximum atomic E-state index is 13.6. The van der Waals surface area contributed by atoms with Crippen molar-refractivity contribution in [3.8, 4) is 0 Å². The van der Waals surface area contributed by atoms with E-state index in [4.69, 9.17) is 0 Å². The van der Waals surface area contributed by atoms with E-state index in [1.54, 1.807) is 24.3 Å². The van der Waals surface area contributed by atoms with Gasteiger partial charge in [-0.05, 0) is 42.3 Å². The van der Waals surface area contributed by atoms with Gasteiger partial charge in [0.05, 0.1) is 0 Å². The van der Waals surface area contributed by atoms with Crippen LogP contribution in [0, 0.1) is 11.6 Å². The van der Waals surface area contributed by atoms with Gasteiger partial charge in [0, 0.05) is 17.4 Å². The lowest BCUT2D eigenvalue weighted by Gasteiger charge is -2.04. The van der Waals surface area contributed by atoms with E-state index >= 15 is 0 Å². The van der Waals surface area contributed by atoms with E-state index in [1.165, 1.54) is 24.3 Å². The third-order valence-corrected chi connectivity index (χ3v) is 3.47. The minimum absolute atomic E-state index is 0.284. The molecule has 3 rings (SSSR count). The number of aromatic amines is 1. The molecule has 0 radical (unpaired) electrons. The van der Waals surface area contributed by atoms with E-state index in [9.17, 15) is 13.6 Å². The highest BCUT2D eigenvalue weighted by Gasteiger charge is 2.11. The molecule has 3 aromatic rings. The Morgan fingerprint density at radius 3 is 2.59 bits per heavy atom. The molecule has 5 heteroatoms. The number of nitrogens with one attached hydrogen (secondary N) is 2. The number of carbonyl (C=O) groups excluding carboxylic acids is 1. The van der Waals surface area contributed by atoms with Gasteiger partial charge in [-0.3, -0.25) is 4.79 Å². The fourth-order valence-electron chi connectivity index (χ4n) is 2.31. The number of hydrogen-bond donors (Lipinski definition) is 2. The molecule has 1 heterocycles. The Balaban J connectivity index is 1.63. The number of halogens is 2. The molecule has 0 spiro atoms. The summed E-state index contributed by atoms with van der Waals surface area (Å²) in [6.07, 6.45) is 0.598. The van der Waals surface area contributed by atoms with Crippen molar-refractivity contribution in [2.24, 2.45) is 0 Å². The van der Waals surface area contributed by atoms with Crippen LogP contribution in [0.15, 0.2) is 48.5 Å². The average Bonchev–Trinajstić information content (AvgIpc) is 2.95. The molecule has 1 aromatic heterocycles. The Labute approximate surface area is 126 Å². The van der Waals surface area contributed by atoms with Crippen LogP contribution in [0.1, 0.15) is 16.1 Å². The third-order valence-electron chi connectivity index (χ3n) is 3.47. The Bertz CT molecular complexity index is 809. The minimum Gasteiger partial charge on any atom is -0.350 e. The normalized spacial score (nSPS) is 10.8. The van der Waals surface area contributed by atoms with Crippen molar-refractivity contribution in [2.45, 2.75) is 6.42 Å². The number of aromatic nitrogens is 1. The van der Waals surface area contributed by atoms with Crippen molar-refractivity contribution in [1.29, 1.82) is 0 Å². The highest BCUT2D eigenvalue weighted by atomic mass is 19.1. The zero-order chi connectivity index (χ0) is 15.5. The maximum Gasteiger partial charge on any atom is 0.267 e. The van der Waals surface area contributed by atoms with Crippen molar-refractivity contribution >= 4 is 16.8 Å². The molecular formula is C17H14F2N2O. The van der Waals surface area contributed by atoms with Gasteiger partial charge in [0.2, 0.25) is 0 Å². The second-order valence-corrected chi connectivity index (χ2v) is 5.02. The predicted octanol–water partition coefficient (Wildman–Crippen LogP) is 3.42. The lowest BCUT2D eigenvalue weighted by atomic mass is 10.1. The first-order valence-corrected chi connectivity index (χ1v) is 6.93. The summed E-state index contributed by atoms with van der Waals surface area (Å²) in [5.41, 5.74) is 1.84. The molecule has 112 valence electrons. The first-order chi connectivity index (χ1) is 10.6. The number of rotatable bonds is 4. The topological polar surface area (TPSA) is 44.9 Å². The smallest absolute Gasteiger partial charge is 0.267 e. The van der Waals surface area contributed by atoms with Crippen molar-refractivity contribution in [2.75, 3.05) is 6.54 Å². The number of amides is 1. The lowest BCUT2D eigenvalue weighted by molar-refractivity contribution is 0.0950. The first-order valence-electron chi connectivity index (χ1n) is 6.93. The van der Waals surface area contributed by atoms with Crippen molar-refractivity contribution in [3.05, 3.63) is 71.4 Å². The zero-order valence-electron chi connectivity index (χ0n) is 11.7. The molecule has 0 saturated carbocycles. The Hall–Kier alpha value is -2.69. The average molecular weight is 300 g/mol. The zero-order valence-corrected chi connectivity index (χ0v) is 11.7. The summed E-state index contributed by atoms with van der Waals surface area (Å²) in [6.45, 7) is 0.419. The summed E-state index contributed by atoms with van der Waals surface area (Å²) in [4.78, 5) is 14.9. The molecule has 0 saturated heterocycles. The number of fused-ring (bicyclic) bond motifs is 1. The molecule has 0 fully saturated rings. The summed E-state index contributed by atoms with van der Waals surface area (Å²) in [7, 11) is 0. The van der Waals surface area contributed by atoms with Crippen LogP contribution in [0.25, 0.3) is 10.9 Å². The maximum absolute atomic E-state index is 13.6. The molecular weight excluding hydrogens is 286 g/mol. The van der Waals surface area contributed by atoms with Gasteiger partial charge in [-0.1, -0.05) is 18.2 Å². The Morgan fingerprint density at radius 2 is 1.86 bits per heavy atom. The molecule has 0 unspecified atom stereocenters. The molecule has 0 aliphatic rings. The van der Waals surface area contributed by atoms with Gasteiger partial charge in [-0.15, -0.1) is 0 Å². The Morgan fingerprint density at radius 1 is 1.09 bits per heavy atom. The number of benzene rings is 2. The molecule has 1 amide bonds. The quantitative estimate of drug-likeness (QED) is 0.762. The molecule has 2 aromatic carbocycles. The summed E-state index contributed by atoms with van der Waals surface area (Å²) in [6, 6.07) is 12.3. The SMILES string of the molecule is O=C(NCCc1ccc(F)cc1)c1cc2c(F)cccc2[nH]1. The van der Waals surface area contributed by atoms with Gasteiger partial charge < -0.3 is 10.3 Å². The second-order valence-electron chi connectivity index (χ2n) is 5.02. The highest BCUT2D eigenvalue weighted by Crippen LogP contribution is 2.18. The molecule has 0 atom stereocenters. The van der Waals surface area contributed by atoms with Crippen LogP contribution in [0.4, 0.5) is 8.78 Å². The fraction of sp³-hybridized carbons (Fsp3) is 0.118.